The van der Waals surface area contributed by atoms with E-state index in [1.54, 1.807) is 0 Å². The molecule has 0 fully saturated rings. The molecule has 1 unspecified atom stereocenters. The molecule has 5 nitrogen and oxygen atoms in total. The van der Waals surface area contributed by atoms with E-state index in [-0.39, 0.29) is 24.0 Å². The van der Waals surface area contributed by atoms with Crippen LogP contribution in [-0.4, -0.2) is 28.5 Å². The van der Waals surface area contributed by atoms with Crippen molar-refractivity contribution in [1.82, 2.24) is 10.5 Å². The van der Waals surface area contributed by atoms with E-state index in [4.69, 9.17) is 4.52 Å². The van der Waals surface area contributed by atoms with Gasteiger partial charge in [0.05, 0.1) is 17.6 Å². The molecule has 1 atom stereocenters. The number of hydrogen-bond donors (Lipinski definition) is 2. The summed E-state index contributed by atoms with van der Waals surface area (Å²) < 4.78 is 17.9. The lowest BCUT2D eigenvalue weighted by molar-refractivity contribution is -0.119. The first kappa shape index (κ1) is 17.5. The van der Waals surface area contributed by atoms with Crippen molar-refractivity contribution in [1.29, 1.82) is 0 Å². The summed E-state index contributed by atoms with van der Waals surface area (Å²) in [6.07, 6.45) is -0.855. The predicted octanol–water partition coefficient (Wildman–Crippen LogP) is 2.51. The van der Waals surface area contributed by atoms with Crippen molar-refractivity contribution in [2.75, 3.05) is 12.3 Å². The van der Waals surface area contributed by atoms with E-state index in [0.717, 1.165) is 17.0 Å². The highest BCUT2D eigenvalue weighted by Crippen LogP contribution is 2.19. The second-order valence-corrected chi connectivity index (χ2v) is 6.15. The number of amides is 1. The third-order valence-corrected chi connectivity index (χ3v) is 4.37. The highest BCUT2D eigenvalue weighted by molar-refractivity contribution is 7.99. The number of halogens is 1. The standard InChI is InChI=1S/C16H19FN2O3S/c1-10-14(11(2)22-19-10)8-23-9-16(21)18-7-15(20)12-3-5-13(17)6-4-12/h3-6,15,20H,7-9H2,1-2H3,(H,18,21). The smallest absolute Gasteiger partial charge is 0.230 e. The molecule has 0 aliphatic carbocycles. The van der Waals surface area contributed by atoms with E-state index in [1.807, 2.05) is 13.8 Å². The molecule has 1 aromatic carbocycles. The van der Waals surface area contributed by atoms with E-state index < -0.39 is 6.10 Å². The van der Waals surface area contributed by atoms with Crippen LogP contribution in [0.15, 0.2) is 28.8 Å². The molecule has 0 aliphatic heterocycles. The van der Waals surface area contributed by atoms with Crippen molar-refractivity contribution >= 4 is 17.7 Å². The van der Waals surface area contributed by atoms with Crippen LogP contribution in [0, 0.1) is 19.7 Å². The van der Waals surface area contributed by atoms with E-state index in [2.05, 4.69) is 10.5 Å². The first-order valence-corrected chi connectivity index (χ1v) is 8.32. The van der Waals surface area contributed by atoms with Crippen LogP contribution in [0.5, 0.6) is 0 Å². The first-order chi connectivity index (χ1) is 11.0. The fourth-order valence-corrected chi connectivity index (χ4v) is 3.02. The fraction of sp³-hybridized carbons (Fsp3) is 0.375. The van der Waals surface area contributed by atoms with Gasteiger partial charge in [0.25, 0.3) is 0 Å². The molecule has 1 aromatic heterocycles. The maximum Gasteiger partial charge on any atom is 0.230 e. The molecule has 0 saturated heterocycles. The lowest BCUT2D eigenvalue weighted by Gasteiger charge is -2.12. The average Bonchev–Trinajstić information content (AvgIpc) is 2.85. The summed E-state index contributed by atoms with van der Waals surface area (Å²) in [5.41, 5.74) is 2.41. The number of nitrogens with zero attached hydrogens (tertiary/aromatic N) is 1. The summed E-state index contributed by atoms with van der Waals surface area (Å²) in [7, 11) is 0. The zero-order chi connectivity index (χ0) is 16.8. The number of rotatable bonds is 7. The van der Waals surface area contributed by atoms with Gasteiger partial charge >= 0.3 is 0 Å². The molecule has 0 bridgehead atoms. The quantitative estimate of drug-likeness (QED) is 0.811. The van der Waals surface area contributed by atoms with Gasteiger partial charge in [0.15, 0.2) is 0 Å². The SMILES string of the molecule is Cc1noc(C)c1CSCC(=O)NCC(O)c1ccc(F)cc1. The number of nitrogens with one attached hydrogen (secondary N) is 1. The minimum atomic E-state index is -0.855. The molecule has 0 saturated carbocycles. The van der Waals surface area contributed by atoms with E-state index in [1.165, 1.54) is 36.0 Å². The van der Waals surface area contributed by atoms with Gasteiger partial charge in [0.1, 0.15) is 11.6 Å². The normalized spacial score (nSPS) is 12.2. The lowest BCUT2D eigenvalue weighted by Crippen LogP contribution is -2.29. The third-order valence-electron chi connectivity index (χ3n) is 3.41. The van der Waals surface area contributed by atoms with Crippen LogP contribution in [0.25, 0.3) is 0 Å². The Morgan fingerprint density at radius 2 is 2.09 bits per heavy atom. The third kappa shape index (κ3) is 5.07. The summed E-state index contributed by atoms with van der Waals surface area (Å²) in [5.74, 6) is 1.17. The van der Waals surface area contributed by atoms with Gasteiger partial charge in [-0.25, -0.2) is 4.39 Å². The van der Waals surface area contributed by atoms with E-state index in [0.29, 0.717) is 11.3 Å². The molecular weight excluding hydrogens is 319 g/mol. The van der Waals surface area contributed by atoms with Crippen LogP contribution in [0.4, 0.5) is 4.39 Å². The van der Waals surface area contributed by atoms with Crippen molar-refractivity contribution in [3.63, 3.8) is 0 Å². The molecule has 1 heterocycles. The Morgan fingerprint density at radius 3 is 2.70 bits per heavy atom. The second kappa shape index (κ2) is 8.12. The molecule has 124 valence electrons. The number of carbonyl (C=O) groups is 1. The predicted molar refractivity (Wildman–Crippen MR) is 86.5 cm³/mol. The van der Waals surface area contributed by atoms with E-state index in [9.17, 15) is 14.3 Å². The van der Waals surface area contributed by atoms with Crippen LogP contribution in [-0.2, 0) is 10.5 Å². The fourth-order valence-electron chi connectivity index (χ4n) is 2.02. The molecule has 0 spiro atoms. The largest absolute Gasteiger partial charge is 0.387 e. The highest BCUT2D eigenvalue weighted by atomic mass is 32.2. The minimum Gasteiger partial charge on any atom is -0.387 e. The Bertz CT molecular complexity index is 638. The molecule has 7 heteroatoms. The van der Waals surface area contributed by atoms with Gasteiger partial charge in [-0.05, 0) is 31.5 Å². The first-order valence-electron chi connectivity index (χ1n) is 7.17. The number of aliphatic hydroxyl groups excluding tert-OH is 1. The van der Waals surface area contributed by atoms with Gasteiger partial charge in [0.2, 0.25) is 5.91 Å². The topological polar surface area (TPSA) is 75.4 Å². The molecule has 0 radical (unpaired) electrons. The number of aryl methyl sites for hydroxylation is 2. The van der Waals surface area contributed by atoms with E-state index >= 15 is 0 Å². The van der Waals surface area contributed by atoms with Crippen LogP contribution >= 0.6 is 11.8 Å². The van der Waals surface area contributed by atoms with Crippen molar-refractivity contribution in [3.05, 3.63) is 52.7 Å². The van der Waals surface area contributed by atoms with Gasteiger partial charge in [-0.15, -0.1) is 11.8 Å². The summed E-state index contributed by atoms with van der Waals surface area (Å²) in [6.45, 7) is 3.80. The molecule has 23 heavy (non-hydrogen) atoms. The lowest BCUT2D eigenvalue weighted by atomic mass is 10.1. The summed E-state index contributed by atoms with van der Waals surface area (Å²) in [6, 6.07) is 5.55. The van der Waals surface area contributed by atoms with Gasteiger partial charge in [-0.1, -0.05) is 17.3 Å². The minimum absolute atomic E-state index is 0.0936. The molecule has 2 N–H and O–H groups in total. The van der Waals surface area contributed by atoms with Crippen molar-refractivity contribution in [2.45, 2.75) is 25.7 Å². The number of carbonyl (C=O) groups excluding carboxylic acids is 1. The number of aliphatic hydroxyl groups is 1. The summed E-state index contributed by atoms with van der Waals surface area (Å²) in [5, 5.41) is 16.5. The van der Waals surface area contributed by atoms with Crippen LogP contribution in [0.2, 0.25) is 0 Å². The van der Waals surface area contributed by atoms with Crippen molar-refractivity contribution in [2.24, 2.45) is 0 Å². The Labute approximate surface area is 138 Å². The van der Waals surface area contributed by atoms with Gasteiger partial charge in [-0.3, -0.25) is 4.79 Å². The molecule has 2 aromatic rings. The summed E-state index contributed by atoms with van der Waals surface area (Å²) >= 11 is 1.45. The molecular formula is C16H19FN2O3S. The molecule has 2 rings (SSSR count). The van der Waals surface area contributed by atoms with Crippen LogP contribution < -0.4 is 5.32 Å². The van der Waals surface area contributed by atoms with Crippen molar-refractivity contribution < 1.29 is 18.8 Å². The maximum atomic E-state index is 12.8. The van der Waals surface area contributed by atoms with Crippen molar-refractivity contribution in [3.8, 4) is 0 Å². The van der Waals surface area contributed by atoms with Gasteiger partial charge in [0, 0.05) is 17.9 Å². The average molecular weight is 338 g/mol. The number of aromatic nitrogens is 1. The summed E-state index contributed by atoms with van der Waals surface area (Å²) in [4.78, 5) is 11.8. The Kier molecular flexibility index (Phi) is 6.18. The van der Waals surface area contributed by atoms with Crippen LogP contribution in [0.1, 0.15) is 28.7 Å². The maximum absolute atomic E-state index is 12.8. The number of benzene rings is 1. The van der Waals surface area contributed by atoms with Crippen LogP contribution in [0.3, 0.4) is 0 Å². The Morgan fingerprint density at radius 1 is 1.39 bits per heavy atom. The monoisotopic (exact) mass is 338 g/mol. The zero-order valence-corrected chi connectivity index (χ0v) is 13.8. The Balaban J connectivity index is 1.71. The zero-order valence-electron chi connectivity index (χ0n) is 13.0. The molecule has 1 amide bonds. The van der Waals surface area contributed by atoms with Gasteiger partial charge < -0.3 is 14.9 Å². The van der Waals surface area contributed by atoms with Gasteiger partial charge in [-0.2, -0.15) is 0 Å². The number of hydrogen-bond acceptors (Lipinski definition) is 5. The molecule has 0 aliphatic rings. The second-order valence-electron chi connectivity index (χ2n) is 5.17. The highest BCUT2D eigenvalue weighted by Gasteiger charge is 2.12. The number of thioether (sulfide) groups is 1. The Hall–Kier alpha value is -1.86.